The molecule has 27 heavy (non-hydrogen) atoms. The maximum Gasteiger partial charge on any atom is 0.326 e. The predicted octanol–water partition coefficient (Wildman–Crippen LogP) is -2.07. The summed E-state index contributed by atoms with van der Waals surface area (Å²) in [6.45, 7) is 2.85. The fraction of sp³-hybridized carbons (Fsp3) is 0.667. The van der Waals surface area contributed by atoms with Crippen molar-refractivity contribution >= 4 is 42.3 Å². The lowest BCUT2D eigenvalue weighted by Crippen LogP contribution is -2.55. The van der Waals surface area contributed by atoms with Crippen LogP contribution in [0.5, 0.6) is 0 Å². The molecule has 3 amide bonds. The Morgan fingerprint density at radius 3 is 2.07 bits per heavy atom. The number of carboxylic acids is 2. The molecule has 0 radical (unpaired) electrons. The molecule has 3 unspecified atom stereocenters. The maximum atomic E-state index is 12.3. The third kappa shape index (κ3) is 9.80. The second-order valence-electron chi connectivity index (χ2n) is 6.13. The fourth-order valence-corrected chi connectivity index (χ4v) is 2.09. The first-order chi connectivity index (χ1) is 12.5. The standard InChI is InChI=1S/C15H26N4O7S/c1-7(2)12(19-10(20)5-17-13(23)8(16)6-27)14(24)18-9(15(25)26)3-4-11(21)22/h7-9,12,27H,3-6,16H2,1-2H3,(H,17,23)(H,18,24)(H,19,20)(H,21,22)(H,25,26). The molecule has 0 saturated heterocycles. The Morgan fingerprint density at radius 1 is 1.04 bits per heavy atom. The molecule has 7 N–H and O–H groups in total. The van der Waals surface area contributed by atoms with Crippen molar-refractivity contribution in [2.24, 2.45) is 11.7 Å². The Morgan fingerprint density at radius 2 is 1.63 bits per heavy atom. The lowest BCUT2D eigenvalue weighted by atomic mass is 10.0. The van der Waals surface area contributed by atoms with Crippen molar-refractivity contribution in [1.29, 1.82) is 0 Å². The summed E-state index contributed by atoms with van der Waals surface area (Å²) in [4.78, 5) is 57.5. The van der Waals surface area contributed by atoms with Gasteiger partial charge in [0.2, 0.25) is 17.7 Å². The molecule has 0 aliphatic rings. The van der Waals surface area contributed by atoms with Crippen LogP contribution in [-0.4, -0.2) is 70.3 Å². The van der Waals surface area contributed by atoms with Crippen LogP contribution in [0.3, 0.4) is 0 Å². The number of hydrogen-bond donors (Lipinski definition) is 7. The first-order valence-corrected chi connectivity index (χ1v) is 8.81. The zero-order valence-corrected chi connectivity index (χ0v) is 16.0. The number of amides is 3. The van der Waals surface area contributed by atoms with Crippen LogP contribution < -0.4 is 21.7 Å². The third-order valence-corrected chi connectivity index (χ3v) is 3.88. The van der Waals surface area contributed by atoms with Crippen LogP contribution in [0.25, 0.3) is 0 Å². The molecule has 0 heterocycles. The minimum Gasteiger partial charge on any atom is -0.481 e. The molecule has 154 valence electrons. The molecule has 0 spiro atoms. The van der Waals surface area contributed by atoms with Gasteiger partial charge >= 0.3 is 11.9 Å². The molecular formula is C15H26N4O7S. The molecule has 0 aliphatic carbocycles. The summed E-state index contributed by atoms with van der Waals surface area (Å²) in [7, 11) is 0. The Kier molecular flexibility index (Phi) is 11.1. The highest BCUT2D eigenvalue weighted by Gasteiger charge is 2.29. The van der Waals surface area contributed by atoms with Gasteiger partial charge in [-0.05, 0) is 12.3 Å². The van der Waals surface area contributed by atoms with Crippen LogP contribution in [0, 0.1) is 5.92 Å². The van der Waals surface area contributed by atoms with Crippen LogP contribution in [0.2, 0.25) is 0 Å². The van der Waals surface area contributed by atoms with Gasteiger partial charge in [0.25, 0.3) is 0 Å². The molecule has 0 bridgehead atoms. The van der Waals surface area contributed by atoms with E-state index in [1.807, 2.05) is 0 Å². The highest BCUT2D eigenvalue weighted by atomic mass is 32.1. The minimum atomic E-state index is -1.40. The van der Waals surface area contributed by atoms with Gasteiger partial charge in [-0.25, -0.2) is 4.79 Å². The summed E-state index contributed by atoms with van der Waals surface area (Å²) in [5.74, 6) is -4.89. The molecule has 0 saturated carbocycles. The van der Waals surface area contributed by atoms with Gasteiger partial charge in [0.15, 0.2) is 0 Å². The highest BCUT2D eigenvalue weighted by molar-refractivity contribution is 7.80. The molecule has 0 aromatic carbocycles. The Balaban J connectivity index is 4.82. The van der Waals surface area contributed by atoms with Gasteiger partial charge in [-0.15, -0.1) is 0 Å². The van der Waals surface area contributed by atoms with Gasteiger partial charge in [-0.3, -0.25) is 19.2 Å². The van der Waals surface area contributed by atoms with Crippen molar-refractivity contribution in [1.82, 2.24) is 16.0 Å². The summed E-state index contributed by atoms with van der Waals surface area (Å²) in [6, 6.07) is -3.35. The van der Waals surface area contributed by atoms with E-state index in [1.54, 1.807) is 13.8 Å². The zero-order chi connectivity index (χ0) is 21.1. The van der Waals surface area contributed by atoms with Gasteiger partial charge < -0.3 is 31.9 Å². The Labute approximate surface area is 161 Å². The van der Waals surface area contributed by atoms with Crippen LogP contribution in [0.4, 0.5) is 0 Å². The zero-order valence-electron chi connectivity index (χ0n) is 15.1. The summed E-state index contributed by atoms with van der Waals surface area (Å²) in [5, 5.41) is 24.7. The van der Waals surface area contributed by atoms with E-state index in [0.29, 0.717) is 0 Å². The van der Waals surface area contributed by atoms with E-state index < -0.39 is 66.7 Å². The van der Waals surface area contributed by atoms with Crippen molar-refractivity contribution in [3.05, 3.63) is 0 Å². The molecule has 0 aromatic rings. The lowest BCUT2D eigenvalue weighted by Gasteiger charge is -2.24. The highest BCUT2D eigenvalue weighted by Crippen LogP contribution is 2.05. The average molecular weight is 406 g/mol. The molecule has 0 fully saturated rings. The molecule has 0 aliphatic heterocycles. The lowest BCUT2D eigenvalue weighted by molar-refractivity contribution is -0.143. The van der Waals surface area contributed by atoms with Crippen LogP contribution in [0.15, 0.2) is 0 Å². The summed E-state index contributed by atoms with van der Waals surface area (Å²) in [6.07, 6.45) is -0.736. The van der Waals surface area contributed by atoms with Gasteiger partial charge in [0.05, 0.1) is 12.6 Å². The van der Waals surface area contributed by atoms with Gasteiger partial charge in [-0.2, -0.15) is 12.6 Å². The molecule has 11 nitrogen and oxygen atoms in total. The normalized spacial score (nSPS) is 14.0. The predicted molar refractivity (Wildman–Crippen MR) is 98.0 cm³/mol. The molecule has 3 atom stereocenters. The minimum absolute atomic E-state index is 0.0946. The Bertz CT molecular complexity index is 570. The Hall–Kier alpha value is -2.34. The van der Waals surface area contributed by atoms with Crippen LogP contribution >= 0.6 is 12.6 Å². The summed E-state index contributed by atoms with van der Waals surface area (Å²) >= 11 is 3.86. The molecular weight excluding hydrogens is 380 g/mol. The van der Waals surface area contributed by atoms with Crippen LogP contribution in [-0.2, 0) is 24.0 Å². The van der Waals surface area contributed by atoms with Crippen molar-refractivity contribution in [2.45, 2.75) is 44.8 Å². The van der Waals surface area contributed by atoms with E-state index in [-0.39, 0.29) is 12.2 Å². The van der Waals surface area contributed by atoms with E-state index >= 15 is 0 Å². The van der Waals surface area contributed by atoms with Crippen molar-refractivity contribution in [3.63, 3.8) is 0 Å². The number of aliphatic carboxylic acids is 2. The van der Waals surface area contributed by atoms with E-state index in [2.05, 4.69) is 28.6 Å². The maximum absolute atomic E-state index is 12.3. The molecule has 0 aromatic heterocycles. The largest absolute Gasteiger partial charge is 0.481 e. The second-order valence-corrected chi connectivity index (χ2v) is 6.49. The first-order valence-electron chi connectivity index (χ1n) is 8.18. The van der Waals surface area contributed by atoms with Gasteiger partial charge in [0.1, 0.15) is 12.1 Å². The third-order valence-electron chi connectivity index (χ3n) is 3.48. The van der Waals surface area contributed by atoms with Gasteiger partial charge in [0, 0.05) is 12.2 Å². The van der Waals surface area contributed by atoms with E-state index in [9.17, 15) is 24.0 Å². The number of hydrogen-bond acceptors (Lipinski definition) is 7. The summed E-state index contributed by atoms with van der Waals surface area (Å²) in [5.41, 5.74) is 5.45. The topological polar surface area (TPSA) is 188 Å². The van der Waals surface area contributed by atoms with Crippen molar-refractivity contribution in [3.8, 4) is 0 Å². The number of nitrogens with one attached hydrogen (secondary N) is 3. The van der Waals surface area contributed by atoms with Crippen molar-refractivity contribution < 1.29 is 34.2 Å². The monoisotopic (exact) mass is 406 g/mol. The fourth-order valence-electron chi connectivity index (χ4n) is 1.93. The number of carbonyl (C=O) groups excluding carboxylic acids is 3. The van der Waals surface area contributed by atoms with E-state index in [4.69, 9.17) is 15.9 Å². The summed E-state index contributed by atoms with van der Waals surface area (Å²) < 4.78 is 0. The quantitative estimate of drug-likeness (QED) is 0.180. The number of thiol groups is 1. The number of carboxylic acid groups (broad SMARTS) is 2. The van der Waals surface area contributed by atoms with E-state index in [0.717, 1.165) is 0 Å². The van der Waals surface area contributed by atoms with Crippen LogP contribution in [0.1, 0.15) is 26.7 Å². The van der Waals surface area contributed by atoms with E-state index in [1.165, 1.54) is 0 Å². The SMILES string of the molecule is CC(C)C(NC(=O)CNC(=O)C(N)CS)C(=O)NC(CCC(=O)O)C(=O)O. The first kappa shape index (κ1) is 24.7. The number of nitrogens with two attached hydrogens (primary N) is 1. The number of carbonyl (C=O) groups is 5. The number of rotatable bonds is 12. The van der Waals surface area contributed by atoms with Crippen molar-refractivity contribution in [2.75, 3.05) is 12.3 Å². The molecule has 0 rings (SSSR count). The smallest absolute Gasteiger partial charge is 0.326 e. The van der Waals surface area contributed by atoms with Gasteiger partial charge in [-0.1, -0.05) is 13.8 Å². The molecule has 12 heteroatoms. The second kappa shape index (κ2) is 12.1. The average Bonchev–Trinajstić information content (AvgIpc) is 2.59.